The monoisotopic (exact) mass is 410 g/mol. The number of hydrogen-bond acceptors (Lipinski definition) is 4. The molecule has 5 amide bonds. The van der Waals surface area contributed by atoms with Gasteiger partial charge in [-0.15, -0.1) is 0 Å². The standard InChI is InChI=1S/C21H19FN4O4/c1-21(14-7-3-2-4-8-14)19(29)26(20(30)23-21)24-18(28)13-11-17(27)25(12-13)16-10-6-5-9-15(16)22/h2-10,13H,11-12H2,1H3,(H,23,30)(H,24,28)/t13-,21-/m0/s1. The molecule has 2 heterocycles. The van der Waals surface area contributed by atoms with Crippen molar-refractivity contribution < 1.29 is 23.6 Å². The zero-order chi connectivity index (χ0) is 21.5. The Balaban J connectivity index is 1.48. The number of amides is 5. The lowest BCUT2D eigenvalue weighted by Crippen LogP contribution is -2.50. The highest BCUT2D eigenvalue weighted by molar-refractivity contribution is 6.08. The molecule has 9 heteroatoms. The number of hydrazine groups is 1. The van der Waals surface area contributed by atoms with E-state index in [-0.39, 0.29) is 18.7 Å². The van der Waals surface area contributed by atoms with Crippen molar-refractivity contribution in [3.05, 3.63) is 66.0 Å². The maximum atomic E-state index is 14.0. The van der Waals surface area contributed by atoms with Gasteiger partial charge in [0.1, 0.15) is 11.4 Å². The summed E-state index contributed by atoms with van der Waals surface area (Å²) in [7, 11) is 0. The molecule has 0 radical (unpaired) electrons. The van der Waals surface area contributed by atoms with E-state index in [1.807, 2.05) is 0 Å². The van der Waals surface area contributed by atoms with Crippen LogP contribution in [-0.4, -0.2) is 35.3 Å². The molecular weight excluding hydrogens is 391 g/mol. The summed E-state index contributed by atoms with van der Waals surface area (Å²) in [6.45, 7) is 1.50. The lowest BCUT2D eigenvalue weighted by atomic mass is 9.92. The topological polar surface area (TPSA) is 98.8 Å². The summed E-state index contributed by atoms with van der Waals surface area (Å²) in [5.74, 6) is -3.11. The summed E-state index contributed by atoms with van der Waals surface area (Å²) in [5, 5.41) is 3.22. The number of nitrogens with one attached hydrogen (secondary N) is 2. The number of rotatable bonds is 4. The Morgan fingerprint density at radius 2 is 1.77 bits per heavy atom. The van der Waals surface area contributed by atoms with E-state index in [0.717, 1.165) is 0 Å². The average molecular weight is 410 g/mol. The SMILES string of the molecule is C[C@@]1(c2ccccc2)NC(=O)N(NC(=O)[C@H]2CC(=O)N(c3ccccc3F)C2)C1=O. The molecule has 8 nitrogen and oxygen atoms in total. The van der Waals surface area contributed by atoms with E-state index in [9.17, 15) is 23.6 Å². The Morgan fingerprint density at radius 3 is 2.47 bits per heavy atom. The fourth-order valence-corrected chi connectivity index (χ4v) is 3.70. The second-order valence-corrected chi connectivity index (χ2v) is 7.39. The lowest BCUT2D eigenvalue weighted by molar-refractivity contribution is -0.140. The van der Waals surface area contributed by atoms with Gasteiger partial charge >= 0.3 is 6.03 Å². The van der Waals surface area contributed by atoms with Crippen molar-refractivity contribution in [2.75, 3.05) is 11.4 Å². The maximum absolute atomic E-state index is 14.0. The van der Waals surface area contributed by atoms with E-state index in [1.165, 1.54) is 23.1 Å². The zero-order valence-electron chi connectivity index (χ0n) is 16.1. The van der Waals surface area contributed by atoms with Gasteiger partial charge in [0.05, 0.1) is 11.6 Å². The highest BCUT2D eigenvalue weighted by Crippen LogP contribution is 2.29. The molecule has 2 aliphatic heterocycles. The predicted octanol–water partition coefficient (Wildman–Crippen LogP) is 1.68. The molecule has 30 heavy (non-hydrogen) atoms. The number of carbonyl (C=O) groups is 4. The van der Waals surface area contributed by atoms with Crippen LogP contribution < -0.4 is 15.6 Å². The zero-order valence-corrected chi connectivity index (χ0v) is 16.1. The van der Waals surface area contributed by atoms with Crippen molar-refractivity contribution in [1.82, 2.24) is 15.8 Å². The summed E-state index contributed by atoms with van der Waals surface area (Å²) in [6.07, 6.45) is -0.153. The third-order valence-electron chi connectivity index (χ3n) is 5.40. The second-order valence-electron chi connectivity index (χ2n) is 7.39. The van der Waals surface area contributed by atoms with Crippen LogP contribution in [0.3, 0.4) is 0 Å². The van der Waals surface area contributed by atoms with Gasteiger partial charge in [-0.2, -0.15) is 5.01 Å². The van der Waals surface area contributed by atoms with Crippen LogP contribution in [0.25, 0.3) is 0 Å². The maximum Gasteiger partial charge on any atom is 0.344 e. The molecule has 0 bridgehead atoms. The highest BCUT2D eigenvalue weighted by atomic mass is 19.1. The molecule has 0 aromatic heterocycles. The van der Waals surface area contributed by atoms with E-state index in [4.69, 9.17) is 0 Å². The van der Waals surface area contributed by atoms with Gasteiger partial charge in [-0.25, -0.2) is 9.18 Å². The molecule has 2 fully saturated rings. The molecule has 2 aromatic rings. The predicted molar refractivity (Wildman–Crippen MR) is 104 cm³/mol. The molecule has 0 spiro atoms. The number of halogens is 1. The number of para-hydroxylation sites is 1. The van der Waals surface area contributed by atoms with Crippen molar-refractivity contribution in [1.29, 1.82) is 0 Å². The minimum absolute atomic E-state index is 0.0504. The van der Waals surface area contributed by atoms with Crippen molar-refractivity contribution in [3.8, 4) is 0 Å². The van der Waals surface area contributed by atoms with Crippen molar-refractivity contribution >= 4 is 29.4 Å². The first kappa shape index (κ1) is 19.6. The number of benzene rings is 2. The lowest BCUT2D eigenvalue weighted by Gasteiger charge is -2.22. The number of imide groups is 1. The van der Waals surface area contributed by atoms with Gasteiger partial charge in [0.25, 0.3) is 5.91 Å². The Kier molecular flexibility index (Phi) is 4.73. The Morgan fingerprint density at radius 1 is 1.10 bits per heavy atom. The number of urea groups is 1. The van der Waals surface area contributed by atoms with Gasteiger partial charge < -0.3 is 10.2 Å². The van der Waals surface area contributed by atoms with Gasteiger partial charge in [-0.1, -0.05) is 42.5 Å². The molecule has 2 N–H and O–H groups in total. The van der Waals surface area contributed by atoms with E-state index in [2.05, 4.69) is 10.7 Å². The van der Waals surface area contributed by atoms with Crippen molar-refractivity contribution in [2.24, 2.45) is 5.92 Å². The van der Waals surface area contributed by atoms with Gasteiger partial charge in [-0.3, -0.25) is 19.8 Å². The molecule has 0 aliphatic carbocycles. The highest BCUT2D eigenvalue weighted by Gasteiger charge is 2.50. The normalized spacial score (nSPS) is 23.7. The summed E-state index contributed by atoms with van der Waals surface area (Å²) >= 11 is 0. The number of hydrogen-bond donors (Lipinski definition) is 2. The van der Waals surface area contributed by atoms with Crippen LogP contribution >= 0.6 is 0 Å². The Hall–Kier alpha value is -3.75. The first-order chi connectivity index (χ1) is 14.3. The first-order valence-corrected chi connectivity index (χ1v) is 9.39. The van der Waals surface area contributed by atoms with Gasteiger partial charge in [0.15, 0.2) is 0 Å². The third kappa shape index (κ3) is 3.18. The summed E-state index contributed by atoms with van der Waals surface area (Å²) in [4.78, 5) is 51.5. The largest absolute Gasteiger partial charge is 0.344 e. The van der Waals surface area contributed by atoms with Crippen LogP contribution in [0.2, 0.25) is 0 Å². The van der Waals surface area contributed by atoms with Crippen LogP contribution in [0.15, 0.2) is 54.6 Å². The fourth-order valence-electron chi connectivity index (χ4n) is 3.70. The molecule has 2 atom stereocenters. The first-order valence-electron chi connectivity index (χ1n) is 9.39. The molecule has 0 saturated carbocycles. The molecule has 2 aliphatic rings. The molecular formula is C21H19FN4O4. The van der Waals surface area contributed by atoms with Gasteiger partial charge in [0.2, 0.25) is 11.8 Å². The summed E-state index contributed by atoms with van der Waals surface area (Å²) in [6, 6.07) is 13.7. The second kappa shape index (κ2) is 7.25. The van der Waals surface area contributed by atoms with Gasteiger partial charge in [0, 0.05) is 13.0 Å². The van der Waals surface area contributed by atoms with Crippen LogP contribution in [-0.2, 0) is 19.9 Å². The van der Waals surface area contributed by atoms with Gasteiger partial charge in [-0.05, 0) is 24.6 Å². The Labute approximate surface area is 171 Å². The van der Waals surface area contributed by atoms with E-state index >= 15 is 0 Å². The Bertz CT molecular complexity index is 1040. The van der Waals surface area contributed by atoms with Crippen molar-refractivity contribution in [3.63, 3.8) is 0 Å². The van der Waals surface area contributed by atoms with E-state index in [1.54, 1.807) is 43.3 Å². The molecule has 4 rings (SSSR count). The molecule has 2 aromatic carbocycles. The van der Waals surface area contributed by atoms with Crippen molar-refractivity contribution in [2.45, 2.75) is 18.9 Å². The van der Waals surface area contributed by atoms with E-state index < -0.39 is 41.0 Å². The average Bonchev–Trinajstić information content (AvgIpc) is 3.22. The summed E-state index contributed by atoms with van der Waals surface area (Å²) in [5.41, 5.74) is 1.65. The number of anilines is 1. The summed E-state index contributed by atoms with van der Waals surface area (Å²) < 4.78 is 14.0. The van der Waals surface area contributed by atoms with Crippen LogP contribution in [0.1, 0.15) is 18.9 Å². The van der Waals surface area contributed by atoms with Crippen LogP contribution in [0, 0.1) is 11.7 Å². The number of nitrogens with zero attached hydrogens (tertiary/aromatic N) is 2. The molecule has 2 saturated heterocycles. The van der Waals surface area contributed by atoms with E-state index in [0.29, 0.717) is 10.6 Å². The fraction of sp³-hybridized carbons (Fsp3) is 0.238. The molecule has 154 valence electrons. The van der Waals surface area contributed by atoms with Crippen LogP contribution in [0.4, 0.5) is 14.9 Å². The smallest absolute Gasteiger partial charge is 0.318 e. The minimum Gasteiger partial charge on any atom is -0.318 e. The van der Waals surface area contributed by atoms with Crippen LogP contribution in [0.5, 0.6) is 0 Å². The minimum atomic E-state index is -1.32. The quantitative estimate of drug-likeness (QED) is 0.750. The third-order valence-corrected chi connectivity index (χ3v) is 5.40. The molecule has 0 unspecified atom stereocenters. The number of carbonyl (C=O) groups excluding carboxylic acids is 4.